The lowest BCUT2D eigenvalue weighted by atomic mass is 10.1. The first-order chi connectivity index (χ1) is 14.4. The van der Waals surface area contributed by atoms with E-state index in [1.165, 1.54) is 24.3 Å². The van der Waals surface area contributed by atoms with Crippen molar-refractivity contribution in [3.63, 3.8) is 0 Å². The monoisotopic (exact) mass is 408 g/mol. The number of ether oxygens (including phenoxy) is 2. The minimum absolute atomic E-state index is 0.00365. The molecule has 1 heterocycles. The maximum Gasteiger partial charge on any atom is 0.335 e. The molecule has 0 spiro atoms. The van der Waals surface area contributed by atoms with Gasteiger partial charge in [0.15, 0.2) is 11.5 Å². The molecule has 2 aromatic rings. The van der Waals surface area contributed by atoms with Gasteiger partial charge in [0.2, 0.25) is 0 Å². The molecule has 4 amide bonds. The Morgan fingerprint density at radius 2 is 1.93 bits per heavy atom. The summed E-state index contributed by atoms with van der Waals surface area (Å²) in [5.41, 5.74) is 0.168. The summed E-state index contributed by atoms with van der Waals surface area (Å²) in [6.07, 6.45) is 6.51. The highest BCUT2D eigenvalue weighted by Gasteiger charge is 2.37. The largest absolute Gasteiger partial charge is 0.490 e. The number of barbiturate groups is 1. The van der Waals surface area contributed by atoms with Crippen LogP contribution in [0.5, 0.6) is 11.5 Å². The van der Waals surface area contributed by atoms with Crippen LogP contribution in [-0.4, -0.2) is 31.1 Å². The van der Waals surface area contributed by atoms with Crippen molar-refractivity contribution in [2.24, 2.45) is 0 Å². The normalized spacial score (nSPS) is 15.0. The van der Waals surface area contributed by atoms with Gasteiger partial charge in [-0.1, -0.05) is 18.1 Å². The number of anilines is 1. The van der Waals surface area contributed by atoms with Gasteiger partial charge in [-0.25, -0.2) is 14.1 Å². The number of urea groups is 1. The lowest BCUT2D eigenvalue weighted by molar-refractivity contribution is -0.122. The maximum absolute atomic E-state index is 13.6. The standard InChI is InChI=1S/C22H17FN2O5/c1-3-10-30-18-9-8-14(12-19(18)29-4-2)11-17-20(26)24-22(28)25(21(17)27)16-7-5-6-15(23)13-16/h1,5-9,11-13H,4,10H2,2H3,(H,24,26,28). The number of carbonyl (C=O) groups is 3. The molecule has 0 atom stereocenters. The van der Waals surface area contributed by atoms with E-state index in [9.17, 15) is 18.8 Å². The van der Waals surface area contributed by atoms with Crippen molar-refractivity contribution in [1.82, 2.24) is 5.32 Å². The van der Waals surface area contributed by atoms with Crippen molar-refractivity contribution in [3.8, 4) is 23.8 Å². The minimum atomic E-state index is -0.958. The third-order valence-corrected chi connectivity index (χ3v) is 4.06. The van der Waals surface area contributed by atoms with Gasteiger partial charge >= 0.3 is 6.03 Å². The number of halogens is 1. The Bertz CT molecular complexity index is 1090. The maximum atomic E-state index is 13.6. The second-order valence-corrected chi connectivity index (χ2v) is 6.07. The van der Waals surface area contributed by atoms with Crippen LogP contribution in [0.25, 0.3) is 6.08 Å². The first-order valence-electron chi connectivity index (χ1n) is 8.94. The number of nitrogens with zero attached hydrogens (tertiary/aromatic N) is 1. The van der Waals surface area contributed by atoms with E-state index in [1.54, 1.807) is 25.1 Å². The van der Waals surface area contributed by atoms with Gasteiger partial charge in [-0.15, -0.1) is 6.42 Å². The molecule has 1 aliphatic rings. The van der Waals surface area contributed by atoms with Crippen molar-refractivity contribution in [3.05, 3.63) is 59.4 Å². The van der Waals surface area contributed by atoms with Gasteiger partial charge in [0.25, 0.3) is 11.8 Å². The number of rotatable bonds is 6. The van der Waals surface area contributed by atoms with Crippen LogP contribution in [0.4, 0.5) is 14.9 Å². The fourth-order valence-corrected chi connectivity index (χ4v) is 2.80. The Balaban J connectivity index is 1.98. The van der Waals surface area contributed by atoms with Crippen LogP contribution in [-0.2, 0) is 9.59 Å². The highest BCUT2D eigenvalue weighted by atomic mass is 19.1. The van der Waals surface area contributed by atoms with E-state index < -0.39 is 23.7 Å². The number of nitrogens with one attached hydrogen (secondary N) is 1. The number of benzene rings is 2. The smallest absolute Gasteiger partial charge is 0.335 e. The zero-order valence-electron chi connectivity index (χ0n) is 16.0. The van der Waals surface area contributed by atoms with Crippen molar-refractivity contribution in [2.75, 3.05) is 18.1 Å². The molecule has 1 aliphatic heterocycles. The summed E-state index contributed by atoms with van der Waals surface area (Å²) in [5.74, 6) is 0.785. The molecule has 2 aromatic carbocycles. The summed E-state index contributed by atoms with van der Waals surface area (Å²) in [6, 6.07) is 8.76. The molecule has 0 aliphatic carbocycles. The molecule has 1 N–H and O–H groups in total. The quantitative estimate of drug-likeness (QED) is 0.451. The number of carbonyl (C=O) groups excluding carboxylic acids is 3. The molecule has 8 heteroatoms. The molecule has 1 fully saturated rings. The summed E-state index contributed by atoms with van der Waals surface area (Å²) in [7, 11) is 0. The Morgan fingerprint density at radius 3 is 2.63 bits per heavy atom. The van der Waals surface area contributed by atoms with Crippen molar-refractivity contribution < 1.29 is 28.2 Å². The summed E-state index contributed by atoms with van der Waals surface area (Å²) in [6.45, 7) is 2.19. The molecular formula is C22H17FN2O5. The SMILES string of the molecule is C#CCOc1ccc(C=C2C(=O)NC(=O)N(c3cccc(F)c3)C2=O)cc1OCC. The number of imide groups is 2. The Hall–Kier alpha value is -4.12. The Labute approximate surface area is 172 Å². The van der Waals surface area contributed by atoms with Gasteiger partial charge in [0.1, 0.15) is 18.0 Å². The van der Waals surface area contributed by atoms with Crippen LogP contribution in [0.1, 0.15) is 12.5 Å². The Morgan fingerprint density at radius 1 is 1.13 bits per heavy atom. The fraction of sp³-hybridized carbons (Fsp3) is 0.136. The average Bonchev–Trinajstić information content (AvgIpc) is 2.70. The van der Waals surface area contributed by atoms with Gasteiger partial charge in [0.05, 0.1) is 12.3 Å². The molecule has 30 heavy (non-hydrogen) atoms. The molecule has 1 saturated heterocycles. The third-order valence-electron chi connectivity index (χ3n) is 4.06. The summed E-state index contributed by atoms with van der Waals surface area (Å²) in [5, 5.41) is 2.09. The highest BCUT2D eigenvalue weighted by Crippen LogP contribution is 2.30. The second kappa shape index (κ2) is 8.92. The van der Waals surface area contributed by atoms with Crippen molar-refractivity contribution >= 4 is 29.6 Å². The number of hydrogen-bond donors (Lipinski definition) is 1. The molecule has 0 bridgehead atoms. The molecule has 0 aromatic heterocycles. The first-order valence-corrected chi connectivity index (χ1v) is 8.94. The lowest BCUT2D eigenvalue weighted by Crippen LogP contribution is -2.54. The van der Waals surface area contributed by atoms with Crippen LogP contribution in [0.15, 0.2) is 48.0 Å². The van der Waals surface area contributed by atoms with Crippen LogP contribution in [0.3, 0.4) is 0 Å². The predicted octanol–water partition coefficient (Wildman–Crippen LogP) is 2.90. The van der Waals surface area contributed by atoms with E-state index in [0.29, 0.717) is 28.6 Å². The summed E-state index contributed by atoms with van der Waals surface area (Å²) in [4.78, 5) is 38.0. The van der Waals surface area contributed by atoms with Gasteiger partial charge in [-0.05, 0) is 48.9 Å². The zero-order chi connectivity index (χ0) is 21.7. The van der Waals surface area contributed by atoms with Crippen molar-refractivity contribution in [1.29, 1.82) is 0 Å². The molecular weight excluding hydrogens is 391 g/mol. The van der Waals surface area contributed by atoms with E-state index in [0.717, 1.165) is 6.07 Å². The summed E-state index contributed by atoms with van der Waals surface area (Å²) < 4.78 is 24.5. The predicted molar refractivity (Wildman–Crippen MR) is 107 cm³/mol. The minimum Gasteiger partial charge on any atom is -0.490 e. The average molecular weight is 408 g/mol. The summed E-state index contributed by atoms with van der Waals surface area (Å²) >= 11 is 0. The fourth-order valence-electron chi connectivity index (χ4n) is 2.80. The second-order valence-electron chi connectivity index (χ2n) is 6.07. The van der Waals surface area contributed by atoms with Gasteiger partial charge in [-0.2, -0.15) is 0 Å². The van der Waals surface area contributed by atoms with Crippen LogP contribution in [0.2, 0.25) is 0 Å². The first kappa shape index (κ1) is 20.6. The molecule has 0 saturated carbocycles. The van der Waals surface area contributed by atoms with Crippen molar-refractivity contribution in [2.45, 2.75) is 6.92 Å². The van der Waals surface area contributed by atoms with E-state index in [-0.39, 0.29) is 17.9 Å². The third kappa shape index (κ3) is 4.31. The van der Waals surface area contributed by atoms with E-state index in [2.05, 4.69) is 11.2 Å². The Kier molecular flexibility index (Phi) is 6.13. The molecule has 152 valence electrons. The van der Waals surface area contributed by atoms with E-state index in [4.69, 9.17) is 15.9 Å². The highest BCUT2D eigenvalue weighted by molar-refractivity contribution is 6.39. The molecule has 0 unspecified atom stereocenters. The number of hydrogen-bond acceptors (Lipinski definition) is 5. The zero-order valence-corrected chi connectivity index (χ0v) is 16.0. The van der Waals surface area contributed by atoms with Gasteiger partial charge < -0.3 is 9.47 Å². The van der Waals surface area contributed by atoms with Crippen LogP contribution >= 0.6 is 0 Å². The number of terminal acetylenes is 1. The molecule has 0 radical (unpaired) electrons. The van der Waals surface area contributed by atoms with E-state index >= 15 is 0 Å². The van der Waals surface area contributed by atoms with Gasteiger partial charge in [-0.3, -0.25) is 14.9 Å². The molecule has 3 rings (SSSR count). The van der Waals surface area contributed by atoms with Crippen LogP contribution < -0.4 is 19.7 Å². The van der Waals surface area contributed by atoms with Crippen LogP contribution in [0, 0.1) is 18.2 Å². The topological polar surface area (TPSA) is 84.9 Å². The molecule has 7 nitrogen and oxygen atoms in total. The van der Waals surface area contributed by atoms with E-state index in [1.807, 2.05) is 0 Å². The lowest BCUT2D eigenvalue weighted by Gasteiger charge is -2.26. The van der Waals surface area contributed by atoms with Gasteiger partial charge in [0, 0.05) is 0 Å². The number of amides is 4.